The van der Waals surface area contributed by atoms with Crippen molar-refractivity contribution in [3.8, 4) is 0 Å². The maximum Gasteiger partial charge on any atom is 0.0721 e. The topological polar surface area (TPSA) is 27.8 Å². The van der Waals surface area contributed by atoms with E-state index in [4.69, 9.17) is 23.2 Å². The van der Waals surface area contributed by atoms with Crippen LogP contribution in [-0.4, -0.2) is 4.98 Å². The van der Waals surface area contributed by atoms with Crippen LogP contribution in [0.5, 0.6) is 0 Å². The summed E-state index contributed by atoms with van der Waals surface area (Å²) >= 11 is 12.2. The highest BCUT2D eigenvalue weighted by Crippen LogP contribution is 2.30. The second-order valence-electron chi connectivity index (χ2n) is 4.35. The van der Waals surface area contributed by atoms with Gasteiger partial charge in [0.2, 0.25) is 0 Å². The summed E-state index contributed by atoms with van der Waals surface area (Å²) in [5.74, 6) is 0. The summed E-state index contributed by atoms with van der Waals surface area (Å²) < 4.78 is 0. The van der Waals surface area contributed by atoms with Crippen molar-refractivity contribution in [2.45, 2.75) is 6.54 Å². The summed E-state index contributed by atoms with van der Waals surface area (Å²) in [4.78, 5) is 3.18. The van der Waals surface area contributed by atoms with Crippen molar-refractivity contribution in [3.05, 3.63) is 64.3 Å². The molecule has 1 aromatic heterocycles. The molecule has 0 aliphatic carbocycles. The number of anilines is 1. The summed E-state index contributed by atoms with van der Waals surface area (Å²) in [6, 6.07) is 13.8. The number of para-hydroxylation sites is 1. The van der Waals surface area contributed by atoms with Gasteiger partial charge in [-0.15, -0.1) is 0 Å². The normalized spacial score (nSPS) is 10.8. The Kier molecular flexibility index (Phi) is 3.36. The molecule has 0 amide bonds. The van der Waals surface area contributed by atoms with Gasteiger partial charge in [0, 0.05) is 18.3 Å². The van der Waals surface area contributed by atoms with Crippen LogP contribution in [0.3, 0.4) is 0 Å². The number of rotatable bonds is 3. The average Bonchev–Trinajstić information content (AvgIpc) is 2.85. The van der Waals surface area contributed by atoms with Gasteiger partial charge in [-0.1, -0.05) is 35.3 Å². The fourth-order valence-electron chi connectivity index (χ4n) is 2.07. The molecule has 3 rings (SSSR count). The van der Waals surface area contributed by atoms with Crippen molar-refractivity contribution in [2.24, 2.45) is 0 Å². The molecule has 2 nitrogen and oxygen atoms in total. The molecule has 19 heavy (non-hydrogen) atoms. The fraction of sp³-hybridized carbons (Fsp3) is 0.0667. The highest BCUT2D eigenvalue weighted by Gasteiger charge is 2.05. The standard InChI is InChI=1S/C15H12Cl2N2/c16-12-2-1-3-13(17)15(12)19-9-10-4-5-14-11(8-10)6-7-18-14/h1-8,18-19H,9H2. The Morgan fingerprint density at radius 1 is 1.00 bits per heavy atom. The average molecular weight is 291 g/mol. The van der Waals surface area contributed by atoms with Gasteiger partial charge in [0.1, 0.15) is 0 Å². The zero-order chi connectivity index (χ0) is 13.2. The van der Waals surface area contributed by atoms with E-state index in [1.54, 1.807) is 0 Å². The van der Waals surface area contributed by atoms with Crippen LogP contribution in [0, 0.1) is 0 Å². The molecule has 0 atom stereocenters. The Balaban J connectivity index is 1.82. The van der Waals surface area contributed by atoms with Crippen LogP contribution in [-0.2, 0) is 6.54 Å². The number of hydrogen-bond acceptors (Lipinski definition) is 1. The molecule has 0 saturated carbocycles. The van der Waals surface area contributed by atoms with Gasteiger partial charge in [-0.25, -0.2) is 0 Å². The third kappa shape index (κ3) is 2.55. The Hall–Kier alpha value is -1.64. The second kappa shape index (κ2) is 5.16. The molecular weight excluding hydrogens is 279 g/mol. The lowest BCUT2D eigenvalue weighted by Gasteiger charge is -2.10. The number of hydrogen-bond donors (Lipinski definition) is 2. The van der Waals surface area contributed by atoms with Crippen molar-refractivity contribution >= 4 is 39.8 Å². The molecule has 0 bridgehead atoms. The first kappa shape index (κ1) is 12.4. The van der Waals surface area contributed by atoms with Crippen LogP contribution in [0.2, 0.25) is 10.0 Å². The van der Waals surface area contributed by atoms with Crippen molar-refractivity contribution in [2.75, 3.05) is 5.32 Å². The predicted octanol–water partition coefficient (Wildman–Crippen LogP) is 5.09. The van der Waals surface area contributed by atoms with Crippen LogP contribution < -0.4 is 5.32 Å². The van der Waals surface area contributed by atoms with Crippen LogP contribution >= 0.6 is 23.2 Å². The number of halogens is 2. The monoisotopic (exact) mass is 290 g/mol. The second-order valence-corrected chi connectivity index (χ2v) is 5.16. The van der Waals surface area contributed by atoms with Crippen LogP contribution in [0.25, 0.3) is 10.9 Å². The van der Waals surface area contributed by atoms with E-state index in [0.717, 1.165) is 11.2 Å². The van der Waals surface area contributed by atoms with Gasteiger partial charge in [0.05, 0.1) is 15.7 Å². The first-order valence-corrected chi connectivity index (χ1v) is 6.73. The van der Waals surface area contributed by atoms with Gasteiger partial charge in [-0.05, 0) is 41.3 Å². The molecule has 96 valence electrons. The molecule has 0 aliphatic rings. The largest absolute Gasteiger partial charge is 0.379 e. The zero-order valence-corrected chi connectivity index (χ0v) is 11.6. The third-order valence-corrected chi connectivity index (χ3v) is 3.68. The number of aromatic nitrogens is 1. The van der Waals surface area contributed by atoms with Gasteiger partial charge < -0.3 is 10.3 Å². The number of nitrogens with one attached hydrogen (secondary N) is 2. The van der Waals surface area contributed by atoms with E-state index in [-0.39, 0.29) is 0 Å². The van der Waals surface area contributed by atoms with Gasteiger partial charge in [-0.3, -0.25) is 0 Å². The Labute approximate surface area is 121 Å². The Bertz CT molecular complexity index is 699. The summed E-state index contributed by atoms with van der Waals surface area (Å²) in [5, 5.41) is 5.75. The minimum atomic E-state index is 0.634. The minimum absolute atomic E-state index is 0.634. The van der Waals surface area contributed by atoms with E-state index >= 15 is 0 Å². The maximum absolute atomic E-state index is 6.12. The smallest absolute Gasteiger partial charge is 0.0721 e. The summed E-state index contributed by atoms with van der Waals surface area (Å²) in [6.45, 7) is 0.685. The first-order chi connectivity index (χ1) is 9.24. The quantitative estimate of drug-likeness (QED) is 0.691. The van der Waals surface area contributed by atoms with Crippen molar-refractivity contribution < 1.29 is 0 Å². The summed E-state index contributed by atoms with van der Waals surface area (Å²) in [7, 11) is 0. The van der Waals surface area contributed by atoms with E-state index in [9.17, 15) is 0 Å². The molecule has 0 spiro atoms. The van der Waals surface area contributed by atoms with Crippen LogP contribution in [0.4, 0.5) is 5.69 Å². The Morgan fingerprint density at radius 3 is 2.58 bits per heavy atom. The lowest BCUT2D eigenvalue weighted by atomic mass is 10.1. The van der Waals surface area contributed by atoms with Gasteiger partial charge in [-0.2, -0.15) is 0 Å². The van der Waals surface area contributed by atoms with Gasteiger partial charge in [0.25, 0.3) is 0 Å². The number of benzene rings is 2. The molecule has 3 aromatic rings. The van der Waals surface area contributed by atoms with E-state index in [1.165, 1.54) is 10.9 Å². The highest BCUT2D eigenvalue weighted by molar-refractivity contribution is 6.39. The maximum atomic E-state index is 6.12. The zero-order valence-electron chi connectivity index (χ0n) is 10.1. The SMILES string of the molecule is Clc1cccc(Cl)c1NCc1ccc2[nH]ccc2c1. The van der Waals surface area contributed by atoms with Crippen molar-refractivity contribution in [1.82, 2.24) is 4.98 Å². The van der Waals surface area contributed by atoms with E-state index in [2.05, 4.69) is 34.6 Å². The molecular formula is C15H12Cl2N2. The summed E-state index contributed by atoms with van der Waals surface area (Å²) in [5.41, 5.74) is 3.10. The fourth-order valence-corrected chi connectivity index (χ4v) is 2.60. The van der Waals surface area contributed by atoms with Gasteiger partial charge >= 0.3 is 0 Å². The number of fused-ring (bicyclic) bond motifs is 1. The molecule has 0 radical (unpaired) electrons. The number of H-pyrrole nitrogens is 1. The van der Waals surface area contributed by atoms with Crippen LogP contribution in [0.1, 0.15) is 5.56 Å². The molecule has 0 unspecified atom stereocenters. The summed E-state index contributed by atoms with van der Waals surface area (Å²) in [6.07, 6.45) is 1.94. The lowest BCUT2D eigenvalue weighted by molar-refractivity contribution is 1.15. The van der Waals surface area contributed by atoms with Crippen molar-refractivity contribution in [1.29, 1.82) is 0 Å². The Morgan fingerprint density at radius 2 is 1.79 bits per heavy atom. The molecule has 0 fully saturated rings. The molecule has 0 saturated heterocycles. The van der Waals surface area contributed by atoms with Crippen molar-refractivity contribution in [3.63, 3.8) is 0 Å². The van der Waals surface area contributed by atoms with E-state index in [1.807, 2.05) is 24.4 Å². The van der Waals surface area contributed by atoms with Gasteiger partial charge in [0.15, 0.2) is 0 Å². The van der Waals surface area contributed by atoms with Crippen LogP contribution in [0.15, 0.2) is 48.7 Å². The molecule has 1 heterocycles. The highest BCUT2D eigenvalue weighted by atomic mass is 35.5. The molecule has 2 N–H and O–H groups in total. The predicted molar refractivity (Wildman–Crippen MR) is 82.1 cm³/mol. The van der Waals surface area contributed by atoms with E-state index in [0.29, 0.717) is 16.6 Å². The molecule has 4 heteroatoms. The minimum Gasteiger partial charge on any atom is -0.379 e. The molecule has 0 aliphatic heterocycles. The lowest BCUT2D eigenvalue weighted by Crippen LogP contribution is -2.00. The number of aromatic amines is 1. The molecule has 2 aromatic carbocycles. The van der Waals surface area contributed by atoms with E-state index < -0.39 is 0 Å². The first-order valence-electron chi connectivity index (χ1n) is 5.98. The third-order valence-electron chi connectivity index (χ3n) is 3.05.